The lowest BCUT2D eigenvalue weighted by Gasteiger charge is -2.38. The van der Waals surface area contributed by atoms with Gasteiger partial charge in [-0.25, -0.2) is 0 Å². The van der Waals surface area contributed by atoms with Crippen molar-refractivity contribution in [1.29, 1.82) is 0 Å². The molecule has 2 N–H and O–H groups in total. The van der Waals surface area contributed by atoms with Gasteiger partial charge in [0.25, 0.3) is 0 Å². The van der Waals surface area contributed by atoms with Crippen LogP contribution < -0.4 is 10.6 Å². The molecule has 4 heteroatoms. The molecular formula is C15H23BrN2O. The second kappa shape index (κ2) is 6.25. The number of rotatable bonds is 3. The number of morpholine rings is 1. The molecule has 0 amide bonds. The van der Waals surface area contributed by atoms with Crippen LogP contribution in [0.1, 0.15) is 26.3 Å². The maximum atomic E-state index is 5.96. The van der Waals surface area contributed by atoms with Gasteiger partial charge in [-0.15, -0.1) is 0 Å². The highest BCUT2D eigenvalue weighted by Crippen LogP contribution is 2.28. The molecule has 1 aromatic rings. The van der Waals surface area contributed by atoms with E-state index in [1.807, 2.05) is 0 Å². The maximum absolute atomic E-state index is 5.96. The molecule has 19 heavy (non-hydrogen) atoms. The molecule has 3 unspecified atom stereocenters. The molecule has 1 heterocycles. The first-order chi connectivity index (χ1) is 8.95. The largest absolute Gasteiger partial charge is 0.372 e. The van der Waals surface area contributed by atoms with E-state index in [1.165, 1.54) is 11.3 Å². The molecule has 1 aromatic carbocycles. The van der Waals surface area contributed by atoms with Crippen LogP contribution in [0.15, 0.2) is 22.7 Å². The third kappa shape index (κ3) is 3.94. The minimum atomic E-state index is 0.177. The number of nitrogens with zero attached hydrogens (tertiary/aromatic N) is 1. The molecule has 1 saturated heterocycles. The Bertz CT molecular complexity index is 426. The predicted molar refractivity (Wildman–Crippen MR) is 83.7 cm³/mol. The summed E-state index contributed by atoms with van der Waals surface area (Å²) in [6.07, 6.45) is 1.44. The van der Waals surface area contributed by atoms with Gasteiger partial charge in [0.15, 0.2) is 0 Å². The van der Waals surface area contributed by atoms with Gasteiger partial charge in [-0.2, -0.15) is 0 Å². The van der Waals surface area contributed by atoms with Crippen molar-refractivity contribution < 1.29 is 4.74 Å². The third-order valence-corrected chi connectivity index (χ3v) is 3.84. The lowest BCUT2D eigenvalue weighted by molar-refractivity contribution is -0.00526. The Kier molecular flexibility index (Phi) is 4.87. The van der Waals surface area contributed by atoms with Gasteiger partial charge in [-0.3, -0.25) is 0 Å². The first-order valence-electron chi connectivity index (χ1n) is 6.90. The minimum absolute atomic E-state index is 0.177. The lowest BCUT2D eigenvalue weighted by Crippen LogP contribution is -2.46. The summed E-state index contributed by atoms with van der Waals surface area (Å²) in [6, 6.07) is 6.64. The second-order valence-corrected chi connectivity index (χ2v) is 6.53. The van der Waals surface area contributed by atoms with Crippen LogP contribution in [-0.2, 0) is 11.2 Å². The van der Waals surface area contributed by atoms with Crippen molar-refractivity contribution in [3.8, 4) is 0 Å². The van der Waals surface area contributed by atoms with Gasteiger partial charge in [-0.05, 0) is 44.9 Å². The molecule has 0 aromatic heterocycles. The van der Waals surface area contributed by atoms with Gasteiger partial charge >= 0.3 is 0 Å². The highest BCUT2D eigenvalue weighted by atomic mass is 79.9. The van der Waals surface area contributed by atoms with Crippen molar-refractivity contribution in [2.45, 2.75) is 45.4 Å². The minimum Gasteiger partial charge on any atom is -0.372 e. The number of hydrogen-bond acceptors (Lipinski definition) is 3. The van der Waals surface area contributed by atoms with E-state index >= 15 is 0 Å². The molecule has 3 atom stereocenters. The molecule has 1 fully saturated rings. The standard InChI is InChI=1S/C15H23BrN2O/c1-10(17)6-13-4-5-14(16)7-15(13)18-8-11(2)19-12(3)9-18/h4-5,7,10-12H,6,8-9,17H2,1-3H3. The van der Waals surface area contributed by atoms with Crippen LogP contribution in [0, 0.1) is 0 Å². The van der Waals surface area contributed by atoms with E-state index in [0.717, 1.165) is 24.0 Å². The van der Waals surface area contributed by atoms with Gasteiger partial charge < -0.3 is 15.4 Å². The zero-order valence-corrected chi connectivity index (χ0v) is 13.5. The summed E-state index contributed by atoms with van der Waals surface area (Å²) in [6.45, 7) is 8.19. The second-order valence-electron chi connectivity index (χ2n) is 5.62. The monoisotopic (exact) mass is 326 g/mol. The maximum Gasteiger partial charge on any atom is 0.0726 e. The van der Waals surface area contributed by atoms with E-state index in [2.05, 4.69) is 59.8 Å². The summed E-state index contributed by atoms with van der Waals surface area (Å²) in [5.74, 6) is 0. The van der Waals surface area contributed by atoms with Gasteiger partial charge in [0.05, 0.1) is 12.2 Å². The fourth-order valence-corrected chi connectivity index (χ4v) is 3.07. The summed E-state index contributed by atoms with van der Waals surface area (Å²) >= 11 is 3.57. The molecule has 0 saturated carbocycles. The molecule has 0 radical (unpaired) electrons. The quantitative estimate of drug-likeness (QED) is 0.928. The van der Waals surface area contributed by atoms with E-state index in [-0.39, 0.29) is 18.2 Å². The number of anilines is 1. The predicted octanol–water partition coefficient (Wildman–Crippen LogP) is 2.95. The van der Waals surface area contributed by atoms with E-state index in [9.17, 15) is 0 Å². The summed E-state index contributed by atoms with van der Waals surface area (Å²) < 4.78 is 6.92. The molecule has 2 rings (SSSR count). The van der Waals surface area contributed by atoms with Crippen molar-refractivity contribution in [3.63, 3.8) is 0 Å². The zero-order valence-electron chi connectivity index (χ0n) is 11.9. The Balaban J connectivity index is 2.28. The Morgan fingerprint density at radius 3 is 2.58 bits per heavy atom. The van der Waals surface area contributed by atoms with Crippen molar-refractivity contribution in [3.05, 3.63) is 28.2 Å². The van der Waals surface area contributed by atoms with E-state index < -0.39 is 0 Å². The van der Waals surface area contributed by atoms with E-state index in [1.54, 1.807) is 0 Å². The van der Waals surface area contributed by atoms with Crippen LogP contribution in [-0.4, -0.2) is 31.3 Å². The number of ether oxygens (including phenoxy) is 1. The van der Waals surface area contributed by atoms with Crippen LogP contribution in [0.5, 0.6) is 0 Å². The Morgan fingerprint density at radius 2 is 2.00 bits per heavy atom. The molecule has 3 nitrogen and oxygen atoms in total. The molecular weight excluding hydrogens is 304 g/mol. The number of nitrogens with two attached hydrogens (primary N) is 1. The van der Waals surface area contributed by atoms with E-state index in [0.29, 0.717) is 0 Å². The first-order valence-corrected chi connectivity index (χ1v) is 7.69. The number of benzene rings is 1. The number of hydrogen-bond donors (Lipinski definition) is 1. The van der Waals surface area contributed by atoms with Gasteiger partial charge in [0, 0.05) is 29.3 Å². The lowest BCUT2D eigenvalue weighted by atomic mass is 10.0. The zero-order chi connectivity index (χ0) is 14.0. The highest BCUT2D eigenvalue weighted by molar-refractivity contribution is 9.10. The van der Waals surface area contributed by atoms with Gasteiger partial charge in [0.2, 0.25) is 0 Å². The molecule has 106 valence electrons. The SMILES string of the molecule is CC(N)Cc1ccc(Br)cc1N1CC(C)OC(C)C1. The fourth-order valence-electron chi connectivity index (χ4n) is 2.73. The van der Waals surface area contributed by atoms with Crippen LogP contribution in [0.25, 0.3) is 0 Å². The van der Waals surface area contributed by atoms with Crippen LogP contribution >= 0.6 is 15.9 Å². The molecule has 1 aliphatic heterocycles. The highest BCUT2D eigenvalue weighted by Gasteiger charge is 2.24. The fraction of sp³-hybridized carbons (Fsp3) is 0.600. The van der Waals surface area contributed by atoms with Crippen molar-refractivity contribution >= 4 is 21.6 Å². The smallest absolute Gasteiger partial charge is 0.0726 e. The van der Waals surface area contributed by atoms with Gasteiger partial charge in [0.1, 0.15) is 0 Å². The van der Waals surface area contributed by atoms with Crippen LogP contribution in [0.2, 0.25) is 0 Å². The first kappa shape index (κ1) is 14.8. The van der Waals surface area contributed by atoms with Crippen molar-refractivity contribution in [2.24, 2.45) is 5.73 Å². The summed E-state index contributed by atoms with van der Waals surface area (Å²) in [4.78, 5) is 2.42. The normalized spacial score (nSPS) is 25.4. The summed E-state index contributed by atoms with van der Waals surface area (Å²) in [5, 5.41) is 0. The Hall–Kier alpha value is -0.580. The Labute approximate surface area is 124 Å². The molecule has 1 aliphatic rings. The van der Waals surface area contributed by atoms with Crippen molar-refractivity contribution in [1.82, 2.24) is 0 Å². The average Bonchev–Trinajstić information content (AvgIpc) is 2.29. The van der Waals surface area contributed by atoms with E-state index in [4.69, 9.17) is 10.5 Å². The van der Waals surface area contributed by atoms with Crippen LogP contribution in [0.3, 0.4) is 0 Å². The van der Waals surface area contributed by atoms with Gasteiger partial charge in [-0.1, -0.05) is 22.0 Å². The summed E-state index contributed by atoms with van der Waals surface area (Å²) in [7, 11) is 0. The molecule has 0 aliphatic carbocycles. The summed E-state index contributed by atoms with van der Waals surface area (Å²) in [5.41, 5.74) is 8.57. The molecule has 0 spiro atoms. The molecule has 0 bridgehead atoms. The third-order valence-electron chi connectivity index (χ3n) is 3.35. The Morgan fingerprint density at radius 1 is 1.37 bits per heavy atom. The van der Waals surface area contributed by atoms with Crippen LogP contribution in [0.4, 0.5) is 5.69 Å². The average molecular weight is 327 g/mol. The number of halogens is 1. The van der Waals surface area contributed by atoms with Crippen molar-refractivity contribution in [2.75, 3.05) is 18.0 Å². The topological polar surface area (TPSA) is 38.5 Å².